The third-order valence-corrected chi connectivity index (χ3v) is 1.60. The van der Waals surface area contributed by atoms with Crippen LogP contribution < -0.4 is 5.73 Å². The number of nitrogens with two attached hydrogens (primary N) is 1. The van der Waals surface area contributed by atoms with Gasteiger partial charge < -0.3 is 5.73 Å². The lowest BCUT2D eigenvalue weighted by Gasteiger charge is -1.93. The third kappa shape index (κ3) is 4.43. The van der Waals surface area contributed by atoms with Gasteiger partial charge in [0.25, 0.3) is 0 Å². The molecule has 2 N–H and O–H groups in total. The van der Waals surface area contributed by atoms with Crippen LogP contribution in [-0.4, -0.2) is 0 Å². The summed E-state index contributed by atoms with van der Waals surface area (Å²) in [5.74, 6) is 0. The number of rotatable bonds is 3. The highest BCUT2D eigenvalue weighted by atomic mass is 14.5. The lowest BCUT2D eigenvalue weighted by molar-refractivity contribution is 1.14. The van der Waals surface area contributed by atoms with Crippen molar-refractivity contribution >= 4 is 0 Å². The average molecular weight is 151 g/mol. The number of hydrogen-bond acceptors (Lipinski definition) is 1. The van der Waals surface area contributed by atoms with E-state index in [2.05, 4.69) is 19.1 Å². The molecule has 62 valence electrons. The first-order valence-corrected chi connectivity index (χ1v) is 3.96. The van der Waals surface area contributed by atoms with Crippen molar-refractivity contribution in [2.24, 2.45) is 5.73 Å². The largest absolute Gasteiger partial charge is 0.404 e. The first kappa shape index (κ1) is 10.0. The number of hydrogen-bond donors (Lipinski definition) is 1. The molecule has 1 nitrogen and oxygen atoms in total. The Bertz CT molecular complexity index is 185. The van der Waals surface area contributed by atoms with Crippen molar-refractivity contribution in [3.05, 3.63) is 35.6 Å². The van der Waals surface area contributed by atoms with Gasteiger partial charge in [0.1, 0.15) is 0 Å². The molecule has 0 amide bonds. The Morgan fingerprint density at radius 3 is 2.36 bits per heavy atom. The highest BCUT2D eigenvalue weighted by Crippen LogP contribution is 2.03. The van der Waals surface area contributed by atoms with E-state index in [9.17, 15) is 0 Å². The van der Waals surface area contributed by atoms with Crippen molar-refractivity contribution in [1.82, 2.24) is 0 Å². The van der Waals surface area contributed by atoms with Crippen molar-refractivity contribution in [3.8, 4) is 0 Å². The molecule has 0 unspecified atom stereocenters. The van der Waals surface area contributed by atoms with Crippen LogP contribution in [0.5, 0.6) is 0 Å². The summed E-state index contributed by atoms with van der Waals surface area (Å²) in [6, 6.07) is 0. The molecule has 0 aliphatic carbocycles. The molecule has 0 spiro atoms. The maximum Gasteiger partial charge on any atom is -0.00325 e. The molecular weight excluding hydrogens is 134 g/mol. The lowest BCUT2D eigenvalue weighted by atomic mass is 10.1. The predicted octanol–water partition coefficient (Wildman–Crippen LogP) is 2.76. The first-order chi connectivity index (χ1) is 5.24. The van der Waals surface area contributed by atoms with Crippen molar-refractivity contribution < 1.29 is 0 Å². The smallest absolute Gasteiger partial charge is 0.00325 e. The zero-order valence-electron chi connectivity index (χ0n) is 7.59. The third-order valence-electron chi connectivity index (χ3n) is 1.60. The standard InChI is InChI=1S/C10H17N/c1-4-10(5-2)7-6-9(3)8-11/h4,6-8H,5,11H2,1-3H3/b7-6-,9-8-,10-4-. The van der Waals surface area contributed by atoms with Gasteiger partial charge in [0.2, 0.25) is 0 Å². The van der Waals surface area contributed by atoms with Gasteiger partial charge in [-0.3, -0.25) is 0 Å². The number of allylic oxidation sites excluding steroid dienone is 5. The minimum absolute atomic E-state index is 1.07. The highest BCUT2D eigenvalue weighted by Gasteiger charge is 1.84. The Hall–Kier alpha value is -0.980. The fourth-order valence-corrected chi connectivity index (χ4v) is 0.712. The van der Waals surface area contributed by atoms with Gasteiger partial charge in [-0.05, 0) is 32.0 Å². The maximum absolute atomic E-state index is 5.31. The molecule has 1 heteroatoms. The van der Waals surface area contributed by atoms with E-state index in [1.165, 1.54) is 5.57 Å². The molecule has 0 aromatic carbocycles. The Morgan fingerprint density at radius 2 is 2.00 bits per heavy atom. The second kappa shape index (κ2) is 5.78. The average Bonchev–Trinajstić information content (AvgIpc) is 2.06. The fourth-order valence-electron chi connectivity index (χ4n) is 0.712. The van der Waals surface area contributed by atoms with E-state index in [1.54, 1.807) is 6.20 Å². The summed E-state index contributed by atoms with van der Waals surface area (Å²) in [4.78, 5) is 0. The van der Waals surface area contributed by atoms with Crippen LogP contribution in [0.4, 0.5) is 0 Å². The summed E-state index contributed by atoms with van der Waals surface area (Å²) in [6.45, 7) is 6.17. The van der Waals surface area contributed by atoms with E-state index in [0.717, 1.165) is 12.0 Å². The van der Waals surface area contributed by atoms with Crippen LogP contribution in [0.15, 0.2) is 35.6 Å². The molecule has 11 heavy (non-hydrogen) atoms. The van der Waals surface area contributed by atoms with E-state index in [-0.39, 0.29) is 0 Å². The van der Waals surface area contributed by atoms with Gasteiger partial charge >= 0.3 is 0 Å². The molecule has 0 heterocycles. The monoisotopic (exact) mass is 151 g/mol. The predicted molar refractivity (Wildman–Crippen MR) is 51.1 cm³/mol. The molecule has 0 radical (unpaired) electrons. The van der Waals surface area contributed by atoms with Crippen LogP contribution in [0, 0.1) is 0 Å². The molecule has 0 aliphatic heterocycles. The molecular formula is C10H17N. The Balaban J connectivity index is 4.12. The van der Waals surface area contributed by atoms with Crippen molar-refractivity contribution in [2.45, 2.75) is 27.2 Å². The van der Waals surface area contributed by atoms with Gasteiger partial charge in [-0.1, -0.05) is 30.7 Å². The molecule has 0 aromatic rings. The molecule has 0 bridgehead atoms. The molecule has 0 aliphatic rings. The molecule has 0 atom stereocenters. The van der Waals surface area contributed by atoms with Crippen molar-refractivity contribution in [1.29, 1.82) is 0 Å². The second-order valence-corrected chi connectivity index (χ2v) is 2.46. The van der Waals surface area contributed by atoms with Gasteiger partial charge in [0.05, 0.1) is 0 Å². The van der Waals surface area contributed by atoms with Crippen LogP contribution >= 0.6 is 0 Å². The van der Waals surface area contributed by atoms with Crippen LogP contribution in [0.25, 0.3) is 0 Å². The summed E-state index contributed by atoms with van der Waals surface area (Å²) in [6.07, 6.45) is 8.92. The topological polar surface area (TPSA) is 26.0 Å². The second-order valence-electron chi connectivity index (χ2n) is 2.46. The first-order valence-electron chi connectivity index (χ1n) is 3.96. The normalized spacial score (nSPS) is 14.5. The van der Waals surface area contributed by atoms with E-state index in [4.69, 9.17) is 5.73 Å². The molecule has 0 fully saturated rings. The van der Waals surface area contributed by atoms with Crippen molar-refractivity contribution in [2.75, 3.05) is 0 Å². The Labute approximate surface area is 69.3 Å². The van der Waals surface area contributed by atoms with Crippen LogP contribution in [0.2, 0.25) is 0 Å². The lowest BCUT2D eigenvalue weighted by Crippen LogP contribution is -1.80. The summed E-state index contributed by atoms with van der Waals surface area (Å²) in [7, 11) is 0. The van der Waals surface area contributed by atoms with Gasteiger partial charge in [0, 0.05) is 0 Å². The Kier molecular flexibility index (Phi) is 5.26. The van der Waals surface area contributed by atoms with E-state index in [1.807, 2.05) is 19.9 Å². The summed E-state index contributed by atoms with van der Waals surface area (Å²) < 4.78 is 0. The zero-order chi connectivity index (χ0) is 8.69. The van der Waals surface area contributed by atoms with Gasteiger partial charge in [-0.2, -0.15) is 0 Å². The molecule has 0 saturated heterocycles. The van der Waals surface area contributed by atoms with Crippen LogP contribution in [0.3, 0.4) is 0 Å². The van der Waals surface area contributed by atoms with Gasteiger partial charge in [-0.25, -0.2) is 0 Å². The summed E-state index contributed by atoms with van der Waals surface area (Å²) in [5, 5.41) is 0. The van der Waals surface area contributed by atoms with Crippen molar-refractivity contribution in [3.63, 3.8) is 0 Å². The van der Waals surface area contributed by atoms with Crippen LogP contribution in [-0.2, 0) is 0 Å². The van der Waals surface area contributed by atoms with Gasteiger partial charge in [-0.15, -0.1) is 0 Å². The van der Waals surface area contributed by atoms with E-state index >= 15 is 0 Å². The minimum Gasteiger partial charge on any atom is -0.404 e. The SMILES string of the molecule is C\C=C(/C=C\C(C)=C/N)CC. The van der Waals surface area contributed by atoms with Gasteiger partial charge in [0.15, 0.2) is 0 Å². The van der Waals surface area contributed by atoms with E-state index in [0.29, 0.717) is 0 Å². The highest BCUT2D eigenvalue weighted by molar-refractivity contribution is 5.25. The quantitative estimate of drug-likeness (QED) is 0.617. The molecule has 0 aromatic heterocycles. The summed E-state index contributed by atoms with van der Waals surface area (Å²) in [5.41, 5.74) is 7.74. The Morgan fingerprint density at radius 1 is 1.36 bits per heavy atom. The zero-order valence-corrected chi connectivity index (χ0v) is 7.59. The molecule has 0 saturated carbocycles. The van der Waals surface area contributed by atoms with Crippen LogP contribution in [0.1, 0.15) is 27.2 Å². The maximum atomic E-state index is 5.31. The van der Waals surface area contributed by atoms with E-state index < -0.39 is 0 Å². The fraction of sp³-hybridized carbons (Fsp3) is 0.400. The summed E-state index contributed by atoms with van der Waals surface area (Å²) >= 11 is 0. The molecule has 0 rings (SSSR count). The minimum atomic E-state index is 1.07.